The molecule has 0 aliphatic carbocycles. The van der Waals surface area contributed by atoms with E-state index in [1.165, 1.54) is 22.4 Å². The van der Waals surface area contributed by atoms with Gasteiger partial charge in [0.25, 0.3) is 0 Å². The van der Waals surface area contributed by atoms with Crippen LogP contribution < -0.4 is 10.6 Å². The monoisotopic (exact) mass is 677 g/mol. The molecule has 1 spiro atoms. The summed E-state index contributed by atoms with van der Waals surface area (Å²) in [5, 5.41) is 0.183. The van der Waals surface area contributed by atoms with Crippen molar-refractivity contribution >= 4 is 40.5 Å². The number of thioether (sulfide) groups is 1. The number of benzene rings is 1. The number of amides is 1. The molecule has 5 heterocycles. The Kier molecular flexibility index (Phi) is 9.38. The fraction of sp³-hybridized carbons (Fsp3) is 0.485. The Morgan fingerprint density at radius 3 is 2.57 bits per heavy atom. The van der Waals surface area contributed by atoms with Crippen LogP contribution in [-0.2, 0) is 15.7 Å². The summed E-state index contributed by atoms with van der Waals surface area (Å²) in [6.45, 7) is 9.90. The van der Waals surface area contributed by atoms with Gasteiger partial charge in [0.05, 0.1) is 36.7 Å². The number of hydrogen-bond donors (Lipinski definition) is 0. The summed E-state index contributed by atoms with van der Waals surface area (Å²) in [6, 6.07) is 0.322. The Hall–Kier alpha value is -3.49. The third-order valence-electron chi connectivity index (χ3n) is 9.60. The first-order chi connectivity index (χ1) is 22.4. The summed E-state index contributed by atoms with van der Waals surface area (Å²) >= 11 is 1.24. The van der Waals surface area contributed by atoms with Crippen molar-refractivity contribution < 1.29 is 31.5 Å². The number of rotatable bonds is 7. The van der Waals surface area contributed by atoms with Gasteiger partial charge in [-0.3, -0.25) is 9.36 Å². The summed E-state index contributed by atoms with van der Waals surface area (Å²) in [4.78, 5) is 36.6. The topological polar surface area (TPSA) is 70.9 Å². The highest BCUT2D eigenvalue weighted by molar-refractivity contribution is 7.99. The first-order valence-electron chi connectivity index (χ1n) is 15.6. The highest BCUT2D eigenvalue weighted by Gasteiger charge is 2.43. The number of piperidine rings is 1. The van der Waals surface area contributed by atoms with E-state index in [9.17, 15) is 31.5 Å². The molecule has 2 atom stereocenters. The highest BCUT2D eigenvalue weighted by Crippen LogP contribution is 2.47. The molecule has 3 saturated heterocycles. The molecule has 1 aromatic carbocycles. The number of nitrogens with zero attached hydrogens (tertiary/aromatic N) is 5. The lowest BCUT2D eigenvalue weighted by atomic mass is 9.77. The van der Waals surface area contributed by atoms with Crippen LogP contribution in [0.25, 0.3) is 17.0 Å². The SMILES string of the molecule is C=CC(=O)N1CCN(c2nc(=O)n3c4c(c(/C=C/C=C(F)\C=C\F)c(C(F)(F)F)cc24)SCC3CN2CCC3(CC2)COC3)C(C)C1. The third kappa shape index (κ3) is 6.51. The lowest BCUT2D eigenvalue weighted by Crippen LogP contribution is -2.54. The average Bonchev–Trinajstić information content (AvgIpc) is 3.02. The van der Waals surface area contributed by atoms with E-state index in [0.717, 1.165) is 63.4 Å². The maximum absolute atomic E-state index is 14.7. The van der Waals surface area contributed by atoms with E-state index in [1.807, 2.05) is 6.92 Å². The molecule has 6 rings (SSSR count). The van der Waals surface area contributed by atoms with Gasteiger partial charge in [-0.2, -0.15) is 18.2 Å². The van der Waals surface area contributed by atoms with Crippen LogP contribution in [0, 0.1) is 5.41 Å². The van der Waals surface area contributed by atoms with Gasteiger partial charge in [0.2, 0.25) is 5.91 Å². The predicted octanol–water partition coefficient (Wildman–Crippen LogP) is 5.75. The highest BCUT2D eigenvalue weighted by atomic mass is 32.2. The molecule has 0 N–H and O–H groups in total. The number of alkyl halides is 3. The number of hydrogen-bond acceptors (Lipinski definition) is 7. The predicted molar refractivity (Wildman–Crippen MR) is 172 cm³/mol. The zero-order valence-electron chi connectivity index (χ0n) is 25.9. The number of halogens is 5. The Bertz CT molecular complexity index is 1710. The van der Waals surface area contributed by atoms with E-state index < -0.39 is 23.3 Å². The number of piperazine rings is 1. The lowest BCUT2D eigenvalue weighted by Gasteiger charge is -2.48. The minimum absolute atomic E-state index is 0.0000735. The molecule has 47 heavy (non-hydrogen) atoms. The van der Waals surface area contributed by atoms with Gasteiger partial charge in [-0.05, 0) is 51.1 Å². The Balaban J connectivity index is 1.48. The first kappa shape index (κ1) is 33.4. The van der Waals surface area contributed by atoms with E-state index in [1.54, 1.807) is 9.80 Å². The standard InChI is InChI=1S/C33H36F5N5O3S/c1-3-27(44)41-13-14-42(21(2)16-41)30-25-15-26(33(36,37)38)24(6-4-5-22(35)7-10-34)29-28(25)43(31(45)39-30)23(18-47-29)17-40-11-8-32(9-12-40)19-46-20-32/h3-7,10,15,21,23H,1,8-9,11-14,16-20H2,2H3/b6-4+,10-7+,22-5+. The van der Waals surface area contributed by atoms with Crippen molar-refractivity contribution in [3.05, 3.63) is 70.7 Å². The summed E-state index contributed by atoms with van der Waals surface area (Å²) < 4.78 is 77.6. The smallest absolute Gasteiger partial charge is 0.380 e. The summed E-state index contributed by atoms with van der Waals surface area (Å²) in [6.07, 6.45) is 2.06. The van der Waals surface area contributed by atoms with Crippen LogP contribution in [0.15, 0.2) is 58.8 Å². The first-order valence-corrected chi connectivity index (χ1v) is 16.6. The summed E-state index contributed by atoms with van der Waals surface area (Å²) in [7, 11) is 0. The van der Waals surface area contributed by atoms with Crippen molar-refractivity contribution in [1.82, 2.24) is 19.4 Å². The minimum atomic E-state index is -4.79. The fourth-order valence-corrected chi connectivity index (χ4v) is 8.30. The van der Waals surface area contributed by atoms with Crippen LogP contribution in [0.2, 0.25) is 0 Å². The number of ether oxygens (including phenoxy) is 1. The maximum atomic E-state index is 14.7. The molecule has 4 aliphatic rings. The molecule has 0 saturated carbocycles. The fourth-order valence-electron chi connectivity index (χ4n) is 7.01. The van der Waals surface area contributed by atoms with Crippen molar-refractivity contribution in [1.29, 1.82) is 0 Å². The van der Waals surface area contributed by atoms with Gasteiger partial charge < -0.3 is 19.4 Å². The number of allylic oxidation sites excluding steroid dienone is 4. The summed E-state index contributed by atoms with van der Waals surface area (Å²) in [5.74, 6) is -0.754. The van der Waals surface area contributed by atoms with Crippen molar-refractivity contribution in [2.75, 3.05) is 63.1 Å². The molecule has 0 radical (unpaired) electrons. The van der Waals surface area contributed by atoms with Crippen molar-refractivity contribution in [2.24, 2.45) is 5.41 Å². The minimum Gasteiger partial charge on any atom is -0.380 e. The molecule has 252 valence electrons. The largest absolute Gasteiger partial charge is 0.417 e. The van der Waals surface area contributed by atoms with Crippen LogP contribution in [0.4, 0.5) is 27.8 Å². The van der Waals surface area contributed by atoms with Gasteiger partial charge in [-0.25, -0.2) is 13.6 Å². The van der Waals surface area contributed by atoms with Gasteiger partial charge in [0.15, 0.2) is 0 Å². The molecule has 2 unspecified atom stereocenters. The zero-order valence-corrected chi connectivity index (χ0v) is 26.8. The zero-order chi connectivity index (χ0) is 33.5. The van der Waals surface area contributed by atoms with E-state index in [4.69, 9.17) is 4.74 Å². The number of likely N-dealkylation sites (tertiary alicyclic amines) is 1. The van der Waals surface area contributed by atoms with Gasteiger partial charge in [0.1, 0.15) is 11.6 Å². The molecule has 8 nitrogen and oxygen atoms in total. The van der Waals surface area contributed by atoms with E-state index in [2.05, 4.69) is 16.5 Å². The van der Waals surface area contributed by atoms with Crippen LogP contribution in [0.1, 0.15) is 36.9 Å². The van der Waals surface area contributed by atoms with Crippen LogP contribution in [0.5, 0.6) is 0 Å². The van der Waals surface area contributed by atoms with Crippen LogP contribution in [-0.4, -0.2) is 89.5 Å². The van der Waals surface area contributed by atoms with Crippen molar-refractivity contribution in [3.63, 3.8) is 0 Å². The molecule has 3 fully saturated rings. The molecule has 1 aromatic heterocycles. The molecule has 14 heteroatoms. The Morgan fingerprint density at radius 1 is 1.21 bits per heavy atom. The van der Waals surface area contributed by atoms with E-state index >= 15 is 0 Å². The number of aromatic nitrogens is 2. The molecular weight excluding hydrogens is 641 g/mol. The van der Waals surface area contributed by atoms with Crippen molar-refractivity contribution in [2.45, 2.75) is 42.9 Å². The van der Waals surface area contributed by atoms with Gasteiger partial charge in [0, 0.05) is 65.3 Å². The molecular formula is C33H36F5N5O3S. The second-order valence-corrected chi connectivity index (χ2v) is 13.7. The Morgan fingerprint density at radius 2 is 1.96 bits per heavy atom. The Labute approximate surface area is 273 Å². The van der Waals surface area contributed by atoms with Crippen LogP contribution >= 0.6 is 11.8 Å². The van der Waals surface area contributed by atoms with Crippen molar-refractivity contribution in [3.8, 4) is 0 Å². The molecule has 4 aliphatic heterocycles. The number of anilines is 1. The molecule has 2 aromatic rings. The van der Waals surface area contributed by atoms with E-state index in [0.29, 0.717) is 23.9 Å². The summed E-state index contributed by atoms with van der Waals surface area (Å²) in [5.41, 5.74) is -1.16. The quantitative estimate of drug-likeness (QED) is 0.210. The van der Waals surface area contributed by atoms with Gasteiger partial charge in [-0.15, -0.1) is 11.8 Å². The molecule has 1 amide bonds. The molecule has 0 bridgehead atoms. The second kappa shape index (κ2) is 13.2. The third-order valence-corrected chi connectivity index (χ3v) is 10.9. The van der Waals surface area contributed by atoms with Crippen LogP contribution in [0.3, 0.4) is 0 Å². The number of carbonyl (C=O) groups is 1. The number of carbonyl (C=O) groups excluding carboxylic acids is 1. The van der Waals surface area contributed by atoms with Gasteiger partial charge >= 0.3 is 11.9 Å². The average molecular weight is 678 g/mol. The normalized spacial score (nSPS) is 23.7. The van der Waals surface area contributed by atoms with E-state index in [-0.39, 0.29) is 71.0 Å². The second-order valence-electron chi connectivity index (χ2n) is 12.6. The maximum Gasteiger partial charge on any atom is 0.417 e. The lowest BCUT2D eigenvalue weighted by molar-refractivity contribution is -0.140. The van der Waals surface area contributed by atoms with Gasteiger partial charge in [-0.1, -0.05) is 18.7 Å².